The van der Waals surface area contributed by atoms with Crippen molar-refractivity contribution in [2.75, 3.05) is 0 Å². The summed E-state index contributed by atoms with van der Waals surface area (Å²) in [7, 11) is 0. The molecule has 2 nitrogen and oxygen atoms in total. The van der Waals surface area contributed by atoms with Gasteiger partial charge in [0.05, 0.1) is 4.47 Å². The lowest BCUT2D eigenvalue weighted by Crippen LogP contribution is -2.29. The number of halogens is 3. The number of nitrogens with two attached hydrogens (primary N) is 1. The van der Waals surface area contributed by atoms with Gasteiger partial charge in [-0.2, -0.15) is 0 Å². The van der Waals surface area contributed by atoms with E-state index in [-0.39, 0.29) is 12.1 Å². The van der Waals surface area contributed by atoms with E-state index in [9.17, 15) is 0 Å². The SMILES string of the molecule is CC(N)C(Oc1ccc(Cl)cc1Br)c1ccc(Cl)cc1. The van der Waals surface area contributed by atoms with E-state index in [1.165, 1.54) is 0 Å². The molecule has 2 unspecified atom stereocenters. The summed E-state index contributed by atoms with van der Waals surface area (Å²) in [5, 5.41) is 1.33. The van der Waals surface area contributed by atoms with Crippen LogP contribution in [0.1, 0.15) is 18.6 Å². The molecule has 0 amide bonds. The fourth-order valence-electron chi connectivity index (χ4n) is 1.84. The highest BCUT2D eigenvalue weighted by molar-refractivity contribution is 9.10. The lowest BCUT2D eigenvalue weighted by atomic mass is 10.0. The van der Waals surface area contributed by atoms with Crippen LogP contribution in [0.25, 0.3) is 0 Å². The van der Waals surface area contributed by atoms with Gasteiger partial charge in [0.1, 0.15) is 11.9 Å². The van der Waals surface area contributed by atoms with Crippen LogP contribution in [0.5, 0.6) is 5.75 Å². The van der Waals surface area contributed by atoms with Gasteiger partial charge in [-0.05, 0) is 58.7 Å². The van der Waals surface area contributed by atoms with E-state index in [2.05, 4.69) is 15.9 Å². The van der Waals surface area contributed by atoms with Crippen molar-refractivity contribution in [3.8, 4) is 5.75 Å². The average Bonchev–Trinajstić information content (AvgIpc) is 2.39. The van der Waals surface area contributed by atoms with Gasteiger partial charge in [-0.15, -0.1) is 0 Å². The highest BCUT2D eigenvalue weighted by Gasteiger charge is 2.19. The largest absolute Gasteiger partial charge is 0.483 e. The van der Waals surface area contributed by atoms with E-state index in [0.717, 1.165) is 10.0 Å². The summed E-state index contributed by atoms with van der Waals surface area (Å²) in [6.45, 7) is 1.91. The third-order valence-electron chi connectivity index (χ3n) is 2.82. The lowest BCUT2D eigenvalue weighted by Gasteiger charge is -2.23. The Kier molecular flexibility index (Phi) is 5.33. The number of benzene rings is 2. The first-order valence-corrected chi connectivity index (χ1v) is 7.65. The van der Waals surface area contributed by atoms with Crippen molar-refractivity contribution in [1.82, 2.24) is 0 Å². The van der Waals surface area contributed by atoms with E-state index >= 15 is 0 Å². The van der Waals surface area contributed by atoms with Crippen LogP contribution < -0.4 is 10.5 Å². The summed E-state index contributed by atoms with van der Waals surface area (Å²) < 4.78 is 6.81. The second-order valence-electron chi connectivity index (χ2n) is 4.52. The molecule has 2 N–H and O–H groups in total. The van der Waals surface area contributed by atoms with Crippen LogP contribution in [0, 0.1) is 0 Å². The van der Waals surface area contributed by atoms with Crippen molar-refractivity contribution in [3.05, 3.63) is 62.5 Å². The Morgan fingerprint density at radius 3 is 2.20 bits per heavy atom. The zero-order valence-electron chi connectivity index (χ0n) is 10.8. The minimum atomic E-state index is -0.259. The van der Waals surface area contributed by atoms with Crippen LogP contribution in [0.15, 0.2) is 46.9 Å². The molecule has 5 heteroatoms. The minimum absolute atomic E-state index is 0.168. The molecule has 106 valence electrons. The van der Waals surface area contributed by atoms with Gasteiger partial charge in [-0.3, -0.25) is 0 Å². The van der Waals surface area contributed by atoms with E-state index in [1.54, 1.807) is 12.1 Å². The minimum Gasteiger partial charge on any atom is -0.483 e. The van der Waals surface area contributed by atoms with Crippen molar-refractivity contribution in [3.63, 3.8) is 0 Å². The predicted molar refractivity (Wildman–Crippen MR) is 87.6 cm³/mol. The fourth-order valence-corrected chi connectivity index (χ4v) is 2.74. The molecule has 0 spiro atoms. The second-order valence-corrected chi connectivity index (χ2v) is 6.25. The van der Waals surface area contributed by atoms with Gasteiger partial charge >= 0.3 is 0 Å². The van der Waals surface area contributed by atoms with E-state index in [0.29, 0.717) is 15.8 Å². The highest BCUT2D eigenvalue weighted by atomic mass is 79.9. The molecular weight excluding hydrogens is 361 g/mol. The molecule has 0 aliphatic rings. The van der Waals surface area contributed by atoms with Crippen LogP contribution in [-0.2, 0) is 0 Å². The normalized spacial score (nSPS) is 13.8. The lowest BCUT2D eigenvalue weighted by molar-refractivity contribution is 0.179. The van der Waals surface area contributed by atoms with E-state index < -0.39 is 0 Å². The molecule has 0 saturated heterocycles. The Hall–Kier alpha value is -0.740. The average molecular weight is 375 g/mol. The maximum atomic E-state index is 6.04. The van der Waals surface area contributed by atoms with E-state index in [4.69, 9.17) is 33.7 Å². The molecule has 2 atom stereocenters. The third-order valence-corrected chi connectivity index (χ3v) is 3.93. The van der Waals surface area contributed by atoms with Crippen LogP contribution in [-0.4, -0.2) is 6.04 Å². The summed E-state index contributed by atoms with van der Waals surface area (Å²) in [4.78, 5) is 0. The summed E-state index contributed by atoms with van der Waals surface area (Å²) in [5.74, 6) is 0.701. The molecule has 0 aliphatic carbocycles. The van der Waals surface area contributed by atoms with Crippen LogP contribution in [0.4, 0.5) is 0 Å². The molecule has 0 aromatic heterocycles. The Morgan fingerprint density at radius 1 is 1.05 bits per heavy atom. The molecule has 0 fully saturated rings. The van der Waals surface area contributed by atoms with Crippen molar-refractivity contribution in [2.45, 2.75) is 19.1 Å². The summed E-state index contributed by atoms with van der Waals surface area (Å²) in [6.07, 6.45) is -0.259. The molecule has 2 aromatic carbocycles. The van der Waals surface area contributed by atoms with Gasteiger partial charge < -0.3 is 10.5 Å². The number of rotatable bonds is 4. The van der Waals surface area contributed by atoms with Gasteiger partial charge in [-0.1, -0.05) is 35.3 Å². The maximum Gasteiger partial charge on any atom is 0.139 e. The molecule has 0 saturated carbocycles. The smallest absolute Gasteiger partial charge is 0.139 e. The van der Waals surface area contributed by atoms with E-state index in [1.807, 2.05) is 37.3 Å². The molecule has 2 rings (SSSR count). The van der Waals surface area contributed by atoms with Gasteiger partial charge in [0.2, 0.25) is 0 Å². The third kappa shape index (κ3) is 3.89. The second kappa shape index (κ2) is 6.81. The first-order chi connectivity index (χ1) is 9.47. The summed E-state index contributed by atoms with van der Waals surface area (Å²) in [6, 6.07) is 12.7. The number of ether oxygens (including phenoxy) is 1. The molecule has 0 aliphatic heterocycles. The molecule has 2 aromatic rings. The zero-order chi connectivity index (χ0) is 14.7. The molecular formula is C15H14BrCl2NO. The predicted octanol–water partition coefficient (Wildman–Crippen LogP) is 5.22. The maximum absolute atomic E-state index is 6.04. The molecule has 0 heterocycles. The Balaban J connectivity index is 2.28. The topological polar surface area (TPSA) is 35.2 Å². The first kappa shape index (κ1) is 15.6. The standard InChI is InChI=1S/C15H14BrCl2NO/c1-9(19)15(10-2-4-11(17)5-3-10)20-14-7-6-12(18)8-13(14)16/h2-9,15H,19H2,1H3. The van der Waals surface area contributed by atoms with Crippen molar-refractivity contribution in [2.24, 2.45) is 5.73 Å². The van der Waals surface area contributed by atoms with Crippen LogP contribution in [0.3, 0.4) is 0 Å². The van der Waals surface area contributed by atoms with Crippen molar-refractivity contribution in [1.29, 1.82) is 0 Å². The van der Waals surface area contributed by atoms with Crippen molar-refractivity contribution < 1.29 is 4.74 Å². The van der Waals surface area contributed by atoms with Crippen molar-refractivity contribution >= 4 is 39.1 Å². The Labute approximate surface area is 137 Å². The Bertz CT molecular complexity index is 587. The van der Waals surface area contributed by atoms with Gasteiger partial charge in [0, 0.05) is 16.1 Å². The first-order valence-electron chi connectivity index (χ1n) is 6.10. The number of hydrogen-bond donors (Lipinski definition) is 1. The summed E-state index contributed by atoms with van der Waals surface area (Å²) >= 11 is 15.3. The van der Waals surface area contributed by atoms with Gasteiger partial charge in [-0.25, -0.2) is 0 Å². The highest BCUT2D eigenvalue weighted by Crippen LogP contribution is 2.32. The fraction of sp³-hybridized carbons (Fsp3) is 0.200. The quantitative estimate of drug-likeness (QED) is 0.795. The van der Waals surface area contributed by atoms with Gasteiger partial charge in [0.15, 0.2) is 0 Å². The summed E-state index contributed by atoms with van der Waals surface area (Å²) in [5.41, 5.74) is 7.01. The molecule has 20 heavy (non-hydrogen) atoms. The molecule has 0 bridgehead atoms. The zero-order valence-corrected chi connectivity index (χ0v) is 13.9. The molecule has 0 radical (unpaired) electrons. The monoisotopic (exact) mass is 373 g/mol. The van der Waals surface area contributed by atoms with Gasteiger partial charge in [0.25, 0.3) is 0 Å². The Morgan fingerprint density at radius 2 is 1.65 bits per heavy atom. The number of hydrogen-bond acceptors (Lipinski definition) is 2. The van der Waals surface area contributed by atoms with Crippen LogP contribution >= 0.6 is 39.1 Å². The van der Waals surface area contributed by atoms with Crippen LogP contribution in [0.2, 0.25) is 10.0 Å².